The van der Waals surface area contributed by atoms with E-state index in [0.717, 1.165) is 22.3 Å². The van der Waals surface area contributed by atoms with Crippen LogP contribution in [-0.4, -0.2) is 25.3 Å². The minimum Gasteiger partial charge on any atom is -0.370 e. The Morgan fingerprint density at radius 2 is 1.80 bits per heavy atom. The summed E-state index contributed by atoms with van der Waals surface area (Å²) < 4.78 is 3.87. The summed E-state index contributed by atoms with van der Waals surface area (Å²) in [5.74, 6) is 1.03. The van der Waals surface area contributed by atoms with E-state index in [-0.39, 0.29) is 6.17 Å². The molecule has 25 heavy (non-hydrogen) atoms. The predicted octanol–water partition coefficient (Wildman–Crippen LogP) is 2.51. The highest BCUT2D eigenvalue weighted by Gasteiger charge is 2.26. The lowest BCUT2D eigenvalue weighted by Gasteiger charge is -2.22. The topological polar surface area (TPSA) is 86.0 Å². The van der Waals surface area contributed by atoms with Crippen LogP contribution in [0.25, 0.3) is 16.7 Å². The molecule has 0 spiro atoms. The zero-order valence-electron chi connectivity index (χ0n) is 13.2. The van der Waals surface area contributed by atoms with Crippen LogP contribution in [0.3, 0.4) is 0 Å². The fourth-order valence-electron chi connectivity index (χ4n) is 3.13. The lowest BCUT2D eigenvalue weighted by Crippen LogP contribution is -2.31. The van der Waals surface area contributed by atoms with Gasteiger partial charge in [-0.1, -0.05) is 30.3 Å². The highest BCUT2D eigenvalue weighted by molar-refractivity contribution is 5.94. The van der Waals surface area contributed by atoms with E-state index in [9.17, 15) is 0 Å². The van der Waals surface area contributed by atoms with Crippen molar-refractivity contribution in [3.63, 3.8) is 0 Å². The number of anilines is 1. The van der Waals surface area contributed by atoms with Crippen LogP contribution in [0.15, 0.2) is 72.0 Å². The summed E-state index contributed by atoms with van der Waals surface area (Å²) in [7, 11) is 0. The van der Waals surface area contributed by atoms with Gasteiger partial charge in [-0.3, -0.25) is 9.88 Å². The van der Waals surface area contributed by atoms with E-state index in [1.54, 1.807) is 0 Å². The minimum absolute atomic E-state index is 0.305. The quantitative estimate of drug-likeness (QED) is 0.592. The molecule has 0 fully saturated rings. The Morgan fingerprint density at radius 3 is 2.68 bits per heavy atom. The molecule has 1 atom stereocenters. The second kappa shape index (κ2) is 5.20. The van der Waals surface area contributed by atoms with Crippen molar-refractivity contribution in [3.05, 3.63) is 72.6 Å². The molecule has 0 unspecified atom stereocenters. The fraction of sp³-hybridized carbons (Fsp3) is 0.0556. The Balaban J connectivity index is 1.65. The summed E-state index contributed by atoms with van der Waals surface area (Å²) in [4.78, 5) is 9.18. The Hall–Kier alpha value is -3.61. The molecule has 4 aromatic rings. The number of nitrogens with two attached hydrogens (primary N) is 1. The molecule has 0 aliphatic carbocycles. The van der Waals surface area contributed by atoms with Crippen molar-refractivity contribution in [1.82, 2.24) is 19.3 Å². The average molecular weight is 329 g/mol. The Bertz CT molecular complexity index is 1090. The number of hydrogen-bond acceptors (Lipinski definition) is 5. The lowest BCUT2D eigenvalue weighted by molar-refractivity contribution is 0.626. The zero-order valence-corrected chi connectivity index (χ0v) is 13.2. The van der Waals surface area contributed by atoms with Gasteiger partial charge in [0.05, 0.1) is 22.9 Å². The van der Waals surface area contributed by atoms with Crippen LogP contribution in [0, 0.1) is 0 Å². The smallest absolute Gasteiger partial charge is 0.212 e. The molecular weight excluding hydrogens is 314 g/mol. The normalized spacial score (nSPS) is 16.3. The van der Waals surface area contributed by atoms with Gasteiger partial charge in [0, 0.05) is 11.8 Å². The molecule has 7 nitrogen and oxygen atoms in total. The summed E-state index contributed by atoms with van der Waals surface area (Å²) in [6, 6.07) is 17.9. The van der Waals surface area contributed by atoms with Crippen molar-refractivity contribution in [2.75, 3.05) is 5.32 Å². The maximum absolute atomic E-state index is 5.98. The number of rotatable bonds is 2. The number of nitrogens with zero attached hydrogens (tertiary/aromatic N) is 5. The molecule has 0 saturated carbocycles. The Labute approximate surface area is 143 Å². The molecule has 3 N–H and O–H groups in total. The number of aromatic nitrogens is 4. The van der Waals surface area contributed by atoms with Crippen molar-refractivity contribution in [2.45, 2.75) is 6.17 Å². The molecule has 1 aliphatic heterocycles. The zero-order chi connectivity index (χ0) is 16.8. The van der Waals surface area contributed by atoms with E-state index >= 15 is 0 Å². The van der Waals surface area contributed by atoms with Crippen LogP contribution in [0.5, 0.6) is 0 Å². The summed E-state index contributed by atoms with van der Waals surface area (Å²) in [5.41, 5.74) is 9.81. The molecule has 2 aromatic heterocycles. The van der Waals surface area contributed by atoms with Crippen molar-refractivity contribution >= 4 is 22.9 Å². The summed E-state index contributed by atoms with van der Waals surface area (Å²) >= 11 is 0. The fourth-order valence-corrected chi connectivity index (χ4v) is 3.13. The van der Waals surface area contributed by atoms with E-state index in [0.29, 0.717) is 11.9 Å². The molecule has 0 radical (unpaired) electrons. The first-order valence-electron chi connectivity index (χ1n) is 7.97. The Kier molecular flexibility index (Phi) is 2.87. The SMILES string of the molecule is NC1=N[C@@H](c2cnn(-c3ccccc3)c2)n2c(nc3ccccc32)N1. The second-order valence-electron chi connectivity index (χ2n) is 5.86. The number of imidazole rings is 1. The minimum atomic E-state index is -0.305. The Morgan fingerprint density at radius 1 is 1.00 bits per heavy atom. The van der Waals surface area contributed by atoms with Gasteiger partial charge in [-0.15, -0.1) is 0 Å². The number of hydrogen-bond donors (Lipinski definition) is 2. The first kappa shape index (κ1) is 13.8. The first-order valence-corrected chi connectivity index (χ1v) is 7.97. The largest absolute Gasteiger partial charge is 0.370 e. The third-order valence-electron chi connectivity index (χ3n) is 4.26. The van der Waals surface area contributed by atoms with Crippen LogP contribution in [0.2, 0.25) is 0 Å². The number of fused-ring (bicyclic) bond motifs is 3. The van der Waals surface area contributed by atoms with Gasteiger partial charge < -0.3 is 5.73 Å². The molecular formula is C18H15N7. The number of guanidine groups is 1. The molecule has 5 rings (SSSR count). The molecule has 0 amide bonds. The van der Waals surface area contributed by atoms with Gasteiger partial charge in [-0.2, -0.15) is 5.10 Å². The van der Waals surface area contributed by atoms with Gasteiger partial charge in [0.15, 0.2) is 12.1 Å². The van der Waals surface area contributed by atoms with Gasteiger partial charge >= 0.3 is 0 Å². The number of aliphatic imine (C=N–C) groups is 1. The molecule has 7 heteroatoms. The van der Waals surface area contributed by atoms with Gasteiger partial charge in [-0.05, 0) is 24.3 Å². The van der Waals surface area contributed by atoms with Crippen LogP contribution in [0.1, 0.15) is 11.7 Å². The maximum Gasteiger partial charge on any atom is 0.212 e. The van der Waals surface area contributed by atoms with E-state index in [4.69, 9.17) is 5.73 Å². The standard InChI is InChI=1S/C18H15N7/c19-17-22-16(12-10-20-24(11-12)13-6-2-1-3-7-13)25-15-9-5-4-8-14(15)21-18(25)23-17/h1-11,16H,(H3,19,21,22,23)/t16-/m1/s1. The number of nitrogens with one attached hydrogen (secondary N) is 1. The monoisotopic (exact) mass is 329 g/mol. The van der Waals surface area contributed by atoms with Crippen molar-refractivity contribution in [1.29, 1.82) is 0 Å². The lowest BCUT2D eigenvalue weighted by atomic mass is 10.2. The second-order valence-corrected chi connectivity index (χ2v) is 5.86. The molecule has 1 aliphatic rings. The molecule has 3 heterocycles. The summed E-state index contributed by atoms with van der Waals surface area (Å²) in [6.45, 7) is 0. The summed E-state index contributed by atoms with van der Waals surface area (Å²) in [5, 5.41) is 7.52. The first-order chi connectivity index (χ1) is 12.3. The van der Waals surface area contributed by atoms with Crippen LogP contribution < -0.4 is 11.1 Å². The van der Waals surface area contributed by atoms with Crippen molar-refractivity contribution in [3.8, 4) is 5.69 Å². The number of benzene rings is 2. The van der Waals surface area contributed by atoms with Gasteiger partial charge in [0.25, 0.3) is 0 Å². The summed E-state index contributed by atoms with van der Waals surface area (Å²) in [6.07, 6.45) is 3.49. The average Bonchev–Trinajstić information content (AvgIpc) is 3.26. The van der Waals surface area contributed by atoms with Crippen molar-refractivity contribution < 1.29 is 0 Å². The predicted molar refractivity (Wildman–Crippen MR) is 96.7 cm³/mol. The third-order valence-corrected chi connectivity index (χ3v) is 4.26. The van der Waals surface area contributed by atoms with E-state index in [1.165, 1.54) is 0 Å². The van der Waals surface area contributed by atoms with E-state index < -0.39 is 0 Å². The maximum atomic E-state index is 5.98. The van der Waals surface area contributed by atoms with E-state index in [1.807, 2.05) is 76.2 Å². The molecule has 0 bridgehead atoms. The molecule has 2 aromatic carbocycles. The van der Waals surface area contributed by atoms with Crippen molar-refractivity contribution in [2.24, 2.45) is 10.7 Å². The van der Waals surface area contributed by atoms with Gasteiger partial charge in [0.1, 0.15) is 0 Å². The highest BCUT2D eigenvalue weighted by Crippen LogP contribution is 2.32. The van der Waals surface area contributed by atoms with Gasteiger partial charge in [-0.25, -0.2) is 14.7 Å². The number of para-hydroxylation sites is 3. The highest BCUT2D eigenvalue weighted by atomic mass is 15.4. The van der Waals surface area contributed by atoms with Crippen LogP contribution in [-0.2, 0) is 0 Å². The molecule has 0 saturated heterocycles. The van der Waals surface area contributed by atoms with Crippen LogP contribution >= 0.6 is 0 Å². The van der Waals surface area contributed by atoms with E-state index in [2.05, 4.69) is 20.4 Å². The van der Waals surface area contributed by atoms with Crippen LogP contribution in [0.4, 0.5) is 5.95 Å². The molecule has 122 valence electrons. The third kappa shape index (κ3) is 2.17. The van der Waals surface area contributed by atoms with Gasteiger partial charge in [0.2, 0.25) is 5.95 Å².